The van der Waals surface area contributed by atoms with Gasteiger partial charge in [-0.3, -0.25) is 77.8 Å². The zero-order valence-electron chi connectivity index (χ0n) is 73.2. The number of amides is 10. The number of nitrogens with zero attached hydrogens (tertiary/aromatic N) is 2. The number of phenols is 3. The summed E-state index contributed by atoms with van der Waals surface area (Å²) in [6.45, 7) is 11.5. The van der Waals surface area contributed by atoms with E-state index in [1.807, 2.05) is 0 Å². The first-order chi connectivity index (χ1) is 63.9. The van der Waals surface area contributed by atoms with Crippen molar-refractivity contribution >= 4 is 128 Å². The molecule has 0 heterocycles. The van der Waals surface area contributed by atoms with Crippen LogP contribution in [0.3, 0.4) is 0 Å². The van der Waals surface area contributed by atoms with Crippen LogP contribution in [-0.4, -0.2) is 178 Å². The number of aliphatic hydroxyl groups excluding tert-OH is 2. The van der Waals surface area contributed by atoms with Crippen LogP contribution in [0.4, 0.5) is 45.5 Å². The van der Waals surface area contributed by atoms with Crippen molar-refractivity contribution in [1.29, 1.82) is 0 Å². The fourth-order valence-electron chi connectivity index (χ4n) is 12.9. The van der Waals surface area contributed by atoms with Crippen LogP contribution in [-0.2, 0) is 32.0 Å². The number of nitro benzene ring substituents is 2. The molecule has 10 aromatic carbocycles. The smallest absolute Gasteiger partial charge is 0.339 e. The number of aromatic hydroxyl groups is 3. The number of primary amides is 2. The molecule has 135 heavy (non-hydrogen) atoms. The minimum absolute atomic E-state index is 0.00312. The lowest BCUT2D eigenvalue weighted by atomic mass is 9.91. The number of ketones is 2. The lowest BCUT2D eigenvalue weighted by molar-refractivity contribution is -0.385. The zero-order valence-corrected chi connectivity index (χ0v) is 73.2. The van der Waals surface area contributed by atoms with Crippen molar-refractivity contribution in [1.82, 2.24) is 10.6 Å². The third kappa shape index (κ3) is 26.9. The maximum absolute atomic E-state index is 13.7. The van der Waals surface area contributed by atoms with Crippen LogP contribution >= 0.6 is 0 Å². The topological polar surface area (TPSA) is 652 Å². The van der Waals surface area contributed by atoms with E-state index in [4.69, 9.17) is 30.4 Å². The number of hydrogen-bond donors (Lipinski definition) is 17. The van der Waals surface area contributed by atoms with E-state index in [9.17, 15) is 123 Å². The lowest BCUT2D eigenvalue weighted by Gasteiger charge is -2.23. The summed E-state index contributed by atoms with van der Waals surface area (Å²) in [5.41, 5.74) is 11.2. The molecule has 0 aliphatic heterocycles. The highest BCUT2D eigenvalue weighted by molar-refractivity contribution is 6.13. The number of non-ortho nitro benzene ring substituents is 2. The molecule has 0 fully saturated rings. The van der Waals surface area contributed by atoms with Gasteiger partial charge in [0.05, 0.1) is 98.8 Å². The molecule has 0 saturated heterocycles. The van der Waals surface area contributed by atoms with Crippen LogP contribution in [0.5, 0.6) is 40.2 Å². The molecular weight excluding hydrogens is 1760 g/mol. The van der Waals surface area contributed by atoms with Gasteiger partial charge in [-0.2, -0.15) is 0 Å². The average molecular weight is 1850 g/mol. The number of carbonyl (C=O) groups is 14. The standard InChI is InChI=1S/C47H46N6O15.C47H46N6O14/c1-23(2)67-40-34(19-17-31(38(40)56)46(62)51-35-20-18-32(47(63)64)39(57)41(35)68-24(3)4)50-44(60)26-7-5-25(6-8-26)21-36(55)37(33(22-54)42(48)58)52-45(61)27-9-13-29(14-10-27)49-43(59)28-11-15-30(16-12-28)53(65)66;1-24(2)66-38-22-30(47(62)63)13-19-35(38)50-46(61)33-18-20-36(41(40(33)56)67-25(3)4)51-44(59)27-7-5-26(6-8-27)21-37(55)39(34(23-54)42(48)57)52-45(60)28-9-14-31(15-10-28)49-43(58)29-11-16-32(17-12-29)53(64)65/h5-20,23-24,33,37,54,56-57H,21-22H2,1-4H3,(H2,48,58)(H,49,59)(H,50,60)(H,51,62)(H,52,61)(H,63,64);5-20,22,24-25,34,39,54,56H,21,23H2,1-4H3,(H2,48,57)(H,49,58)(H,50,61)(H,51,59)(H,52,60)(H,62,63)/t33-,37-;34-,39-/m00/s1. The summed E-state index contributed by atoms with van der Waals surface area (Å²) in [5.74, 6) is -17.8. The van der Waals surface area contributed by atoms with E-state index in [-0.39, 0.29) is 138 Å². The Bertz CT molecular complexity index is 6210. The van der Waals surface area contributed by atoms with Crippen molar-refractivity contribution in [2.24, 2.45) is 23.3 Å². The van der Waals surface area contributed by atoms with Gasteiger partial charge in [-0.1, -0.05) is 24.3 Å². The number of ether oxygens (including phenoxy) is 4. The Kier molecular flexibility index (Phi) is 34.2. The number of nitrogens with two attached hydrogens (primary N) is 2. The zero-order chi connectivity index (χ0) is 99.1. The highest BCUT2D eigenvalue weighted by Gasteiger charge is 2.37. The first-order valence-electron chi connectivity index (χ1n) is 41.0. The van der Waals surface area contributed by atoms with Crippen molar-refractivity contribution in [2.45, 2.75) is 105 Å². The largest absolute Gasteiger partial charge is 0.504 e. The Morgan fingerprint density at radius 2 is 0.607 bits per heavy atom. The predicted octanol–water partition coefficient (Wildman–Crippen LogP) is 10.4. The Morgan fingerprint density at radius 1 is 0.333 bits per heavy atom. The molecule has 0 aromatic heterocycles. The number of carboxylic acid groups (broad SMARTS) is 2. The van der Waals surface area contributed by atoms with Gasteiger partial charge in [0, 0.05) is 81.9 Å². The number of nitrogens with one attached hydrogen (secondary N) is 8. The highest BCUT2D eigenvalue weighted by Crippen LogP contribution is 2.44. The number of rotatable bonds is 40. The number of benzene rings is 10. The maximum Gasteiger partial charge on any atom is 0.339 e. The summed E-state index contributed by atoms with van der Waals surface area (Å²) in [4.78, 5) is 202. The lowest BCUT2D eigenvalue weighted by Crippen LogP contribution is -2.52. The predicted molar refractivity (Wildman–Crippen MR) is 487 cm³/mol. The van der Waals surface area contributed by atoms with Crippen LogP contribution in [0, 0.1) is 32.1 Å². The van der Waals surface area contributed by atoms with E-state index in [0.717, 1.165) is 6.07 Å². The summed E-state index contributed by atoms with van der Waals surface area (Å²) in [6.07, 6.45) is -2.76. The van der Waals surface area contributed by atoms with Gasteiger partial charge in [-0.25, -0.2) is 9.59 Å². The molecule has 41 nitrogen and oxygen atoms in total. The third-order valence-electron chi connectivity index (χ3n) is 19.6. The van der Waals surface area contributed by atoms with Gasteiger partial charge in [0.2, 0.25) is 11.8 Å². The number of hydrogen-bond acceptors (Lipinski definition) is 27. The Morgan fingerprint density at radius 3 is 0.911 bits per heavy atom. The fraction of sp³-hybridized carbons (Fsp3) is 0.213. The van der Waals surface area contributed by atoms with Gasteiger partial charge >= 0.3 is 11.9 Å². The number of Topliss-reactive ketones (excluding diaryl/α,β-unsaturated/α-hetero) is 2. The summed E-state index contributed by atoms with van der Waals surface area (Å²) in [5, 5.41) is 114. The molecule has 0 aliphatic rings. The highest BCUT2D eigenvalue weighted by atomic mass is 16.6. The summed E-state index contributed by atoms with van der Waals surface area (Å²) >= 11 is 0. The number of phenolic OH excluding ortho intramolecular Hbond substituents is 2. The van der Waals surface area contributed by atoms with E-state index < -0.39 is 171 Å². The van der Waals surface area contributed by atoms with Crippen molar-refractivity contribution in [3.63, 3.8) is 0 Å². The molecule has 10 amide bonds. The van der Waals surface area contributed by atoms with E-state index in [2.05, 4.69) is 42.5 Å². The minimum Gasteiger partial charge on any atom is -0.504 e. The average Bonchev–Trinajstić information content (AvgIpc) is 0.791. The van der Waals surface area contributed by atoms with Crippen molar-refractivity contribution in [3.05, 3.63) is 287 Å². The molecule has 4 atom stereocenters. The fourth-order valence-corrected chi connectivity index (χ4v) is 12.9. The second-order valence-electron chi connectivity index (χ2n) is 31.0. The van der Waals surface area contributed by atoms with E-state index in [1.54, 1.807) is 55.4 Å². The Hall–Kier alpha value is -17.5. The Labute approximate surface area is 767 Å². The van der Waals surface area contributed by atoms with Gasteiger partial charge in [0.1, 0.15) is 23.4 Å². The first kappa shape index (κ1) is 101. The van der Waals surface area contributed by atoms with Gasteiger partial charge in [0.15, 0.2) is 46.1 Å². The molecule has 0 spiro atoms. The number of aromatic carboxylic acids is 2. The second kappa shape index (κ2) is 45.7. The van der Waals surface area contributed by atoms with E-state index in [1.165, 1.54) is 194 Å². The molecule has 0 bridgehead atoms. The van der Waals surface area contributed by atoms with Gasteiger partial charge in [-0.15, -0.1) is 0 Å². The molecule has 10 aromatic rings. The van der Waals surface area contributed by atoms with Crippen molar-refractivity contribution < 1.29 is 132 Å². The molecule has 0 unspecified atom stereocenters. The molecule has 0 saturated carbocycles. The van der Waals surface area contributed by atoms with Crippen LogP contribution in [0.15, 0.2) is 200 Å². The molecular formula is C94H92N12O29. The van der Waals surface area contributed by atoms with Crippen LogP contribution in [0.2, 0.25) is 0 Å². The van der Waals surface area contributed by atoms with E-state index in [0.29, 0.717) is 11.1 Å². The third-order valence-corrected chi connectivity index (χ3v) is 19.6. The number of anilines is 6. The normalized spacial score (nSPS) is 11.7. The summed E-state index contributed by atoms with van der Waals surface area (Å²) in [7, 11) is 0. The van der Waals surface area contributed by atoms with Gasteiger partial charge < -0.3 is 109 Å². The van der Waals surface area contributed by atoms with Gasteiger partial charge in [-0.05, 0) is 218 Å². The van der Waals surface area contributed by atoms with Crippen LogP contribution < -0.4 is 72.9 Å². The van der Waals surface area contributed by atoms with Crippen molar-refractivity contribution in [3.8, 4) is 40.2 Å². The summed E-state index contributed by atoms with van der Waals surface area (Å²) < 4.78 is 22.9. The SMILES string of the molecule is CC(C)Oc1c(NC(=O)c2ccc(NC(=O)c3ccc(CC(=O)[C@@H](NC(=O)c4ccc(NC(=O)c5ccc([N+](=O)[O-])cc5)cc4)[C@H](CO)C(N)=O)cc3)c(OC(C)C)c2O)ccc(C(=O)O)c1O.CC(C)Oc1cc(C(=O)O)ccc1NC(=O)c1ccc(NC(=O)c2ccc(CC(=O)[C@@H](NC(=O)c3ccc(NC(=O)c4ccc([N+](=O)[O-])cc4)cc3)[C@H](CO)C(N)=O)cc2)c(OC(C)C)c1O. The number of carboxylic acids is 2. The van der Waals surface area contributed by atoms with Gasteiger partial charge in [0.25, 0.3) is 58.6 Å². The molecule has 19 N–H and O–H groups in total. The molecule has 0 radical (unpaired) electrons. The quantitative estimate of drug-likeness (QED) is 0.0125. The molecule has 702 valence electrons. The number of nitro groups is 2. The first-order valence-corrected chi connectivity index (χ1v) is 41.0. The van der Waals surface area contributed by atoms with E-state index >= 15 is 0 Å². The number of aliphatic hydroxyl groups is 2. The van der Waals surface area contributed by atoms with Crippen LogP contribution in [0.25, 0.3) is 0 Å². The second-order valence-corrected chi connectivity index (χ2v) is 31.0. The molecule has 0 aliphatic carbocycles. The molecule has 10 rings (SSSR count). The minimum atomic E-state index is -1.59. The Balaban J connectivity index is 0.000000303. The maximum atomic E-state index is 13.7. The monoisotopic (exact) mass is 1850 g/mol. The number of carbonyl (C=O) groups excluding carboxylic acids is 12. The van der Waals surface area contributed by atoms with Crippen molar-refractivity contribution in [2.75, 3.05) is 45.1 Å². The summed E-state index contributed by atoms with van der Waals surface area (Å²) in [6, 6.07) is 40.1. The van der Waals surface area contributed by atoms with Crippen LogP contribution in [0.1, 0.15) is 170 Å². The molecule has 41 heteroatoms.